The Bertz CT molecular complexity index is 194. The molecule has 2 fully saturated rings. The quantitative estimate of drug-likeness (QED) is 0.493. The summed E-state index contributed by atoms with van der Waals surface area (Å²) >= 11 is 0. The first kappa shape index (κ1) is 6.18. The van der Waals surface area contributed by atoms with Crippen molar-refractivity contribution in [2.24, 2.45) is 11.3 Å². The molecule has 0 bridgehead atoms. The van der Waals surface area contributed by atoms with Crippen molar-refractivity contribution >= 4 is 0 Å². The summed E-state index contributed by atoms with van der Waals surface area (Å²) in [5.74, 6) is 0.705. The molecule has 10 heavy (non-hydrogen) atoms. The van der Waals surface area contributed by atoms with Crippen LogP contribution in [-0.4, -0.2) is 25.0 Å². The lowest BCUT2D eigenvalue weighted by Crippen LogP contribution is -2.30. The number of nitriles is 1. The maximum absolute atomic E-state index is 8.81. The molecule has 0 radical (unpaired) electrons. The van der Waals surface area contributed by atoms with Crippen molar-refractivity contribution in [3.63, 3.8) is 0 Å². The van der Waals surface area contributed by atoms with E-state index in [1.54, 1.807) is 0 Å². The Morgan fingerprint density at radius 2 is 2.50 bits per heavy atom. The molecule has 1 aliphatic carbocycles. The summed E-state index contributed by atoms with van der Waals surface area (Å²) in [7, 11) is 2.14. The van der Waals surface area contributed by atoms with Crippen LogP contribution in [0, 0.1) is 22.7 Å². The lowest BCUT2D eigenvalue weighted by Gasteiger charge is -2.24. The lowest BCUT2D eigenvalue weighted by atomic mass is 9.98. The zero-order valence-corrected chi connectivity index (χ0v) is 6.30. The van der Waals surface area contributed by atoms with Crippen molar-refractivity contribution < 1.29 is 0 Å². The van der Waals surface area contributed by atoms with Gasteiger partial charge in [-0.2, -0.15) is 5.26 Å². The van der Waals surface area contributed by atoms with E-state index in [-0.39, 0.29) is 5.41 Å². The number of nitrogens with zero attached hydrogens (tertiary/aromatic N) is 2. The molecule has 54 valence electrons. The Hall–Kier alpha value is -0.550. The minimum Gasteiger partial charge on any atom is -0.306 e. The molecular formula is C8H12N2. The Morgan fingerprint density at radius 1 is 1.70 bits per heavy atom. The molecule has 2 nitrogen and oxygen atoms in total. The molecular weight excluding hydrogens is 124 g/mol. The van der Waals surface area contributed by atoms with Gasteiger partial charge in [0.15, 0.2) is 0 Å². The van der Waals surface area contributed by atoms with E-state index < -0.39 is 0 Å². The smallest absolute Gasteiger partial charge is 0.0693 e. The van der Waals surface area contributed by atoms with Crippen molar-refractivity contribution in [2.75, 3.05) is 20.1 Å². The van der Waals surface area contributed by atoms with E-state index in [1.807, 2.05) is 0 Å². The minimum absolute atomic E-state index is 0.131. The Kier molecular flexibility index (Phi) is 1.07. The van der Waals surface area contributed by atoms with Gasteiger partial charge >= 0.3 is 0 Å². The second-order valence-electron chi connectivity index (χ2n) is 3.68. The van der Waals surface area contributed by atoms with Crippen LogP contribution in [-0.2, 0) is 0 Å². The number of fused-ring (bicyclic) bond motifs is 1. The van der Waals surface area contributed by atoms with Crippen LogP contribution in [0.4, 0.5) is 0 Å². The van der Waals surface area contributed by atoms with Gasteiger partial charge in [-0.25, -0.2) is 0 Å². The topological polar surface area (TPSA) is 27.0 Å². The SMILES string of the molecule is CN1CCC2(C#N)CC2C1. The highest BCUT2D eigenvalue weighted by atomic mass is 15.1. The molecule has 1 heterocycles. The average Bonchev–Trinajstić information content (AvgIpc) is 2.62. The van der Waals surface area contributed by atoms with Gasteiger partial charge in [-0.15, -0.1) is 0 Å². The summed E-state index contributed by atoms with van der Waals surface area (Å²) in [6.07, 6.45) is 2.26. The largest absolute Gasteiger partial charge is 0.306 e. The van der Waals surface area contributed by atoms with Crippen LogP contribution in [0.3, 0.4) is 0 Å². The number of rotatable bonds is 0. The van der Waals surface area contributed by atoms with Crippen molar-refractivity contribution in [1.29, 1.82) is 5.26 Å². The van der Waals surface area contributed by atoms with E-state index in [2.05, 4.69) is 18.0 Å². The first-order chi connectivity index (χ1) is 4.77. The summed E-state index contributed by atoms with van der Waals surface area (Å²) in [6, 6.07) is 2.45. The van der Waals surface area contributed by atoms with Crippen LogP contribution in [0.2, 0.25) is 0 Å². The highest BCUT2D eigenvalue weighted by Gasteiger charge is 2.56. The normalized spacial score (nSPS) is 45.8. The molecule has 2 atom stereocenters. The van der Waals surface area contributed by atoms with Gasteiger partial charge in [0, 0.05) is 6.54 Å². The molecule has 0 aromatic carbocycles. The monoisotopic (exact) mass is 136 g/mol. The fourth-order valence-electron chi connectivity index (χ4n) is 1.98. The van der Waals surface area contributed by atoms with Gasteiger partial charge in [0.25, 0.3) is 0 Å². The molecule has 0 amide bonds. The third-order valence-electron chi connectivity index (χ3n) is 2.93. The van der Waals surface area contributed by atoms with Crippen LogP contribution in [0.1, 0.15) is 12.8 Å². The summed E-state index contributed by atoms with van der Waals surface area (Å²) in [6.45, 7) is 2.26. The zero-order valence-electron chi connectivity index (χ0n) is 6.30. The maximum Gasteiger partial charge on any atom is 0.0693 e. The Labute approximate surface area is 61.4 Å². The molecule has 1 saturated heterocycles. The van der Waals surface area contributed by atoms with Gasteiger partial charge in [0.2, 0.25) is 0 Å². The number of likely N-dealkylation sites (tertiary alicyclic amines) is 1. The molecule has 0 aromatic rings. The Morgan fingerprint density at radius 3 is 3.10 bits per heavy atom. The molecule has 2 rings (SSSR count). The molecule has 0 N–H and O–H groups in total. The molecule has 2 aliphatic rings. The van der Waals surface area contributed by atoms with Crippen LogP contribution in [0.5, 0.6) is 0 Å². The van der Waals surface area contributed by atoms with Gasteiger partial charge in [0.1, 0.15) is 0 Å². The van der Waals surface area contributed by atoms with Crippen LogP contribution < -0.4 is 0 Å². The van der Waals surface area contributed by atoms with Gasteiger partial charge in [0.05, 0.1) is 11.5 Å². The van der Waals surface area contributed by atoms with E-state index in [0.29, 0.717) is 5.92 Å². The fraction of sp³-hybridized carbons (Fsp3) is 0.875. The highest BCUT2D eigenvalue weighted by Crippen LogP contribution is 2.56. The predicted octanol–water partition coefficient (Wildman–Crippen LogP) is 0.852. The van der Waals surface area contributed by atoms with E-state index in [9.17, 15) is 0 Å². The van der Waals surface area contributed by atoms with Gasteiger partial charge in [-0.3, -0.25) is 0 Å². The van der Waals surface area contributed by atoms with Gasteiger partial charge in [-0.1, -0.05) is 0 Å². The molecule has 2 unspecified atom stereocenters. The van der Waals surface area contributed by atoms with Crippen molar-refractivity contribution in [3.8, 4) is 6.07 Å². The van der Waals surface area contributed by atoms with Crippen LogP contribution in [0.15, 0.2) is 0 Å². The highest BCUT2D eigenvalue weighted by molar-refractivity contribution is 5.18. The Balaban J connectivity index is 2.07. The summed E-state index contributed by atoms with van der Waals surface area (Å²) in [5, 5.41) is 8.81. The minimum atomic E-state index is 0.131. The van der Waals surface area contributed by atoms with E-state index in [4.69, 9.17) is 5.26 Å². The summed E-state index contributed by atoms with van der Waals surface area (Å²) < 4.78 is 0. The number of piperidine rings is 1. The number of hydrogen-bond acceptors (Lipinski definition) is 2. The predicted molar refractivity (Wildman–Crippen MR) is 38.3 cm³/mol. The molecule has 0 aromatic heterocycles. The van der Waals surface area contributed by atoms with Gasteiger partial charge < -0.3 is 4.90 Å². The molecule has 2 heteroatoms. The van der Waals surface area contributed by atoms with Crippen molar-refractivity contribution in [1.82, 2.24) is 4.90 Å². The maximum atomic E-state index is 8.81. The van der Waals surface area contributed by atoms with Gasteiger partial charge in [-0.05, 0) is 32.4 Å². The van der Waals surface area contributed by atoms with E-state index in [0.717, 1.165) is 25.9 Å². The average molecular weight is 136 g/mol. The first-order valence-corrected chi connectivity index (χ1v) is 3.87. The van der Waals surface area contributed by atoms with Crippen molar-refractivity contribution in [3.05, 3.63) is 0 Å². The van der Waals surface area contributed by atoms with E-state index >= 15 is 0 Å². The standard InChI is InChI=1S/C8H12N2/c1-10-3-2-8(6-9)4-7(8)5-10/h7H,2-5H2,1H3. The lowest BCUT2D eigenvalue weighted by molar-refractivity contribution is 0.240. The van der Waals surface area contributed by atoms with Crippen LogP contribution >= 0.6 is 0 Å². The fourth-order valence-corrected chi connectivity index (χ4v) is 1.98. The zero-order chi connectivity index (χ0) is 7.19. The molecule has 1 saturated carbocycles. The molecule has 1 aliphatic heterocycles. The first-order valence-electron chi connectivity index (χ1n) is 3.87. The number of hydrogen-bond donors (Lipinski definition) is 0. The summed E-state index contributed by atoms with van der Waals surface area (Å²) in [4.78, 5) is 2.33. The molecule has 0 spiro atoms. The third-order valence-corrected chi connectivity index (χ3v) is 2.93. The van der Waals surface area contributed by atoms with Crippen LogP contribution in [0.25, 0.3) is 0 Å². The third kappa shape index (κ3) is 0.674. The van der Waals surface area contributed by atoms with Crippen molar-refractivity contribution in [2.45, 2.75) is 12.8 Å². The van der Waals surface area contributed by atoms with E-state index in [1.165, 1.54) is 0 Å². The summed E-state index contributed by atoms with van der Waals surface area (Å²) in [5.41, 5.74) is 0.131. The second-order valence-corrected chi connectivity index (χ2v) is 3.68. The second kappa shape index (κ2) is 1.73.